The first-order valence-electron chi connectivity index (χ1n) is 5.69. The Morgan fingerprint density at radius 2 is 2.35 bits per heavy atom. The summed E-state index contributed by atoms with van der Waals surface area (Å²) in [6.45, 7) is 3.14. The predicted octanol–water partition coefficient (Wildman–Crippen LogP) is 3.35. The molecule has 0 aliphatic carbocycles. The Bertz CT molecular complexity index is 524. The van der Waals surface area contributed by atoms with E-state index in [-0.39, 0.29) is 0 Å². The first kappa shape index (κ1) is 11.2. The Morgan fingerprint density at radius 1 is 1.41 bits per heavy atom. The van der Waals surface area contributed by atoms with Crippen molar-refractivity contribution < 1.29 is 0 Å². The molecule has 0 atom stereocenters. The lowest BCUT2D eigenvalue weighted by molar-refractivity contribution is 0.247. The lowest BCUT2D eigenvalue weighted by atomic mass is 10.1. The SMILES string of the molecule is Clc1cc(CN2CCc3sccc3C2)ccn1. The molecule has 0 unspecified atom stereocenters. The first-order chi connectivity index (χ1) is 8.31. The topological polar surface area (TPSA) is 16.1 Å². The Hall–Kier alpha value is -0.900. The van der Waals surface area contributed by atoms with E-state index in [1.807, 2.05) is 23.5 Å². The van der Waals surface area contributed by atoms with Crippen LogP contribution in [0, 0.1) is 0 Å². The molecule has 0 amide bonds. The Kier molecular flexibility index (Phi) is 3.14. The van der Waals surface area contributed by atoms with Crippen LogP contribution in [0.25, 0.3) is 0 Å². The lowest BCUT2D eigenvalue weighted by Crippen LogP contribution is -2.29. The number of halogens is 1. The molecule has 0 saturated heterocycles. The fourth-order valence-corrected chi connectivity index (χ4v) is 3.33. The molecule has 2 aromatic heterocycles. The highest BCUT2D eigenvalue weighted by Gasteiger charge is 2.17. The molecule has 0 aromatic carbocycles. The first-order valence-corrected chi connectivity index (χ1v) is 6.95. The van der Waals surface area contributed by atoms with Gasteiger partial charge in [-0.15, -0.1) is 11.3 Å². The Balaban J connectivity index is 1.72. The third-order valence-corrected chi connectivity index (χ3v) is 4.31. The number of pyridine rings is 1. The smallest absolute Gasteiger partial charge is 0.129 e. The van der Waals surface area contributed by atoms with E-state index in [0.717, 1.165) is 19.6 Å². The fraction of sp³-hybridized carbons (Fsp3) is 0.308. The van der Waals surface area contributed by atoms with Crippen molar-refractivity contribution in [2.75, 3.05) is 6.54 Å². The number of thiophene rings is 1. The van der Waals surface area contributed by atoms with E-state index in [2.05, 4.69) is 21.3 Å². The summed E-state index contributed by atoms with van der Waals surface area (Å²) in [5, 5.41) is 2.77. The van der Waals surface area contributed by atoms with Crippen molar-refractivity contribution in [3.05, 3.63) is 50.9 Å². The summed E-state index contributed by atoms with van der Waals surface area (Å²) in [6, 6.07) is 6.23. The number of nitrogens with zero attached hydrogens (tertiary/aromatic N) is 2. The molecule has 0 N–H and O–H groups in total. The van der Waals surface area contributed by atoms with E-state index in [4.69, 9.17) is 11.6 Å². The number of aromatic nitrogens is 1. The van der Waals surface area contributed by atoms with Crippen molar-refractivity contribution in [1.82, 2.24) is 9.88 Å². The summed E-state index contributed by atoms with van der Waals surface area (Å²) in [7, 11) is 0. The summed E-state index contributed by atoms with van der Waals surface area (Å²) >= 11 is 7.78. The van der Waals surface area contributed by atoms with Crippen molar-refractivity contribution in [3.8, 4) is 0 Å². The highest BCUT2D eigenvalue weighted by atomic mass is 35.5. The van der Waals surface area contributed by atoms with E-state index in [9.17, 15) is 0 Å². The maximum Gasteiger partial charge on any atom is 0.129 e. The monoisotopic (exact) mass is 264 g/mol. The molecule has 1 aliphatic heterocycles. The molecule has 17 heavy (non-hydrogen) atoms. The molecule has 3 rings (SSSR count). The minimum atomic E-state index is 0.579. The van der Waals surface area contributed by atoms with Crippen LogP contribution in [-0.4, -0.2) is 16.4 Å². The molecule has 0 bridgehead atoms. The van der Waals surface area contributed by atoms with Crippen molar-refractivity contribution in [1.29, 1.82) is 0 Å². The molecule has 4 heteroatoms. The standard InChI is InChI=1S/C13H13ClN2S/c14-13-7-10(1-4-15-13)8-16-5-2-12-11(9-16)3-6-17-12/h1,3-4,6-7H,2,5,8-9H2. The van der Waals surface area contributed by atoms with Crippen LogP contribution >= 0.6 is 22.9 Å². The lowest BCUT2D eigenvalue weighted by Gasteiger charge is -2.26. The van der Waals surface area contributed by atoms with Gasteiger partial charge in [0.15, 0.2) is 0 Å². The molecule has 2 nitrogen and oxygen atoms in total. The van der Waals surface area contributed by atoms with Crippen LogP contribution in [0.15, 0.2) is 29.8 Å². The average molecular weight is 265 g/mol. The number of rotatable bonds is 2. The zero-order chi connectivity index (χ0) is 11.7. The molecule has 2 aromatic rings. The van der Waals surface area contributed by atoms with E-state index in [0.29, 0.717) is 5.15 Å². The zero-order valence-corrected chi connectivity index (χ0v) is 11.0. The summed E-state index contributed by atoms with van der Waals surface area (Å²) < 4.78 is 0. The van der Waals surface area contributed by atoms with Gasteiger partial charge in [-0.2, -0.15) is 0 Å². The van der Waals surface area contributed by atoms with Crippen LogP contribution in [0.5, 0.6) is 0 Å². The normalized spacial score (nSPS) is 15.8. The van der Waals surface area contributed by atoms with Crippen LogP contribution in [0.3, 0.4) is 0 Å². The molecule has 0 fully saturated rings. The highest BCUT2D eigenvalue weighted by Crippen LogP contribution is 2.25. The van der Waals surface area contributed by atoms with Crippen LogP contribution < -0.4 is 0 Å². The van der Waals surface area contributed by atoms with Crippen LogP contribution in [-0.2, 0) is 19.5 Å². The van der Waals surface area contributed by atoms with E-state index >= 15 is 0 Å². The third kappa shape index (κ3) is 2.51. The van der Waals surface area contributed by atoms with Crippen LogP contribution in [0.1, 0.15) is 16.0 Å². The fourth-order valence-electron chi connectivity index (χ4n) is 2.24. The highest BCUT2D eigenvalue weighted by molar-refractivity contribution is 7.10. The average Bonchev–Trinajstić information content (AvgIpc) is 2.76. The molecule has 88 valence electrons. The second-order valence-corrected chi connectivity index (χ2v) is 5.70. The summed E-state index contributed by atoms with van der Waals surface area (Å²) in [6.07, 6.45) is 2.95. The van der Waals surface area contributed by atoms with Crippen LogP contribution in [0.2, 0.25) is 5.15 Å². The molecule has 0 radical (unpaired) electrons. The van der Waals surface area contributed by atoms with Crippen molar-refractivity contribution in [2.45, 2.75) is 19.5 Å². The van der Waals surface area contributed by atoms with E-state index in [1.54, 1.807) is 11.1 Å². The largest absolute Gasteiger partial charge is 0.294 e. The van der Waals surface area contributed by atoms with Gasteiger partial charge in [-0.1, -0.05) is 11.6 Å². The maximum atomic E-state index is 5.90. The quantitative estimate of drug-likeness (QED) is 0.774. The van der Waals surface area contributed by atoms with Gasteiger partial charge in [-0.05, 0) is 41.1 Å². The molecule has 3 heterocycles. The number of fused-ring (bicyclic) bond motifs is 1. The maximum absolute atomic E-state index is 5.90. The van der Waals surface area contributed by atoms with Gasteiger partial charge in [0.1, 0.15) is 5.15 Å². The minimum Gasteiger partial charge on any atom is -0.294 e. The van der Waals surface area contributed by atoms with Gasteiger partial charge in [-0.25, -0.2) is 4.98 Å². The Morgan fingerprint density at radius 3 is 3.24 bits per heavy atom. The van der Waals surface area contributed by atoms with Crippen molar-refractivity contribution >= 4 is 22.9 Å². The number of hydrogen-bond donors (Lipinski definition) is 0. The van der Waals surface area contributed by atoms with E-state index < -0.39 is 0 Å². The molecular formula is C13H13ClN2S. The summed E-state index contributed by atoms with van der Waals surface area (Å²) in [4.78, 5) is 8.02. The van der Waals surface area contributed by atoms with E-state index in [1.165, 1.54) is 17.5 Å². The van der Waals surface area contributed by atoms with Crippen molar-refractivity contribution in [3.63, 3.8) is 0 Å². The summed E-state index contributed by atoms with van der Waals surface area (Å²) in [5.74, 6) is 0. The van der Waals surface area contributed by atoms with Gasteiger partial charge < -0.3 is 0 Å². The molecule has 0 saturated carbocycles. The van der Waals surface area contributed by atoms with Gasteiger partial charge in [0.2, 0.25) is 0 Å². The predicted molar refractivity (Wildman–Crippen MR) is 71.4 cm³/mol. The van der Waals surface area contributed by atoms with Gasteiger partial charge in [0.25, 0.3) is 0 Å². The van der Waals surface area contributed by atoms with Gasteiger partial charge in [0.05, 0.1) is 0 Å². The second kappa shape index (κ2) is 4.77. The summed E-state index contributed by atoms with van der Waals surface area (Å²) in [5.41, 5.74) is 2.73. The Labute approximate surface area is 110 Å². The zero-order valence-electron chi connectivity index (χ0n) is 9.40. The minimum absolute atomic E-state index is 0.579. The van der Waals surface area contributed by atoms with Crippen molar-refractivity contribution in [2.24, 2.45) is 0 Å². The third-order valence-electron chi connectivity index (χ3n) is 3.08. The molecule has 0 spiro atoms. The molecule has 1 aliphatic rings. The van der Waals surface area contributed by atoms with Gasteiger partial charge >= 0.3 is 0 Å². The van der Waals surface area contributed by atoms with Crippen LogP contribution in [0.4, 0.5) is 0 Å². The van der Waals surface area contributed by atoms with Gasteiger partial charge in [0, 0.05) is 30.7 Å². The van der Waals surface area contributed by atoms with Gasteiger partial charge in [-0.3, -0.25) is 4.90 Å². The second-order valence-electron chi connectivity index (χ2n) is 4.32. The molecular weight excluding hydrogens is 252 g/mol. The number of hydrogen-bond acceptors (Lipinski definition) is 3.